The number of ketones is 1. The van der Waals surface area contributed by atoms with Gasteiger partial charge in [0.15, 0.2) is 5.78 Å². The molecule has 1 amide bonds. The maximum atomic E-state index is 11.9. The topological polar surface area (TPSA) is 57.6 Å². The van der Waals surface area contributed by atoms with E-state index < -0.39 is 5.41 Å². The van der Waals surface area contributed by atoms with Gasteiger partial charge >= 0.3 is 0 Å². The van der Waals surface area contributed by atoms with Crippen molar-refractivity contribution in [3.63, 3.8) is 0 Å². The molecule has 4 heteroatoms. The van der Waals surface area contributed by atoms with E-state index in [2.05, 4.69) is 0 Å². The third kappa shape index (κ3) is 3.02. The summed E-state index contributed by atoms with van der Waals surface area (Å²) in [6.07, 6.45) is 0.393. The number of hydrogen-bond acceptors (Lipinski definition) is 3. The Morgan fingerprint density at radius 2 is 2.13 bits per heavy atom. The van der Waals surface area contributed by atoms with Crippen LogP contribution < -0.4 is 0 Å². The minimum Gasteiger partial charge on any atom is -0.396 e. The van der Waals surface area contributed by atoms with Crippen LogP contribution in [0.4, 0.5) is 0 Å². The number of aliphatic hydroxyl groups excluding tert-OH is 1. The van der Waals surface area contributed by atoms with Crippen molar-refractivity contribution in [2.24, 2.45) is 11.3 Å². The SMILES string of the molecule is CC(C)(C)C(=O)N1CC(=O)C[C@@H](CO)C1. The summed E-state index contributed by atoms with van der Waals surface area (Å²) in [6.45, 7) is 6.18. The lowest BCUT2D eigenvalue weighted by atomic mass is 9.91. The molecule has 1 fully saturated rings. The molecule has 0 saturated carbocycles. The van der Waals surface area contributed by atoms with Gasteiger partial charge in [-0.2, -0.15) is 0 Å². The molecule has 1 rings (SSSR count). The molecule has 1 aliphatic heterocycles. The number of Topliss-reactive ketones (excluding diaryl/α,β-unsaturated/α-hetero) is 1. The van der Waals surface area contributed by atoms with E-state index in [-0.39, 0.29) is 30.8 Å². The Kier molecular flexibility index (Phi) is 3.50. The molecule has 0 aliphatic carbocycles. The summed E-state index contributed by atoms with van der Waals surface area (Å²) in [4.78, 5) is 24.9. The predicted molar refractivity (Wildman–Crippen MR) is 56.2 cm³/mol. The smallest absolute Gasteiger partial charge is 0.228 e. The highest BCUT2D eigenvalue weighted by molar-refractivity contribution is 5.89. The molecule has 0 unspecified atom stereocenters. The van der Waals surface area contributed by atoms with Gasteiger partial charge in [-0.3, -0.25) is 9.59 Å². The first kappa shape index (κ1) is 12.2. The number of hydrogen-bond donors (Lipinski definition) is 1. The van der Waals surface area contributed by atoms with E-state index in [9.17, 15) is 9.59 Å². The van der Waals surface area contributed by atoms with Crippen LogP contribution in [0.25, 0.3) is 0 Å². The lowest BCUT2D eigenvalue weighted by molar-refractivity contribution is -0.146. The fourth-order valence-electron chi connectivity index (χ4n) is 1.79. The quantitative estimate of drug-likeness (QED) is 0.687. The number of piperidine rings is 1. The number of likely N-dealkylation sites (tertiary alicyclic amines) is 1. The van der Waals surface area contributed by atoms with E-state index in [4.69, 9.17) is 5.11 Å². The fourth-order valence-corrected chi connectivity index (χ4v) is 1.79. The molecule has 1 N–H and O–H groups in total. The van der Waals surface area contributed by atoms with E-state index in [0.29, 0.717) is 13.0 Å². The van der Waals surface area contributed by atoms with E-state index in [1.54, 1.807) is 4.90 Å². The Balaban J connectivity index is 2.70. The van der Waals surface area contributed by atoms with E-state index in [1.165, 1.54) is 0 Å². The number of rotatable bonds is 1. The monoisotopic (exact) mass is 213 g/mol. The first-order chi connectivity index (χ1) is 6.84. The van der Waals surface area contributed by atoms with Crippen molar-refractivity contribution in [2.75, 3.05) is 19.7 Å². The number of nitrogens with zero attached hydrogens (tertiary/aromatic N) is 1. The number of carbonyl (C=O) groups is 2. The highest BCUT2D eigenvalue weighted by atomic mass is 16.3. The molecule has 4 nitrogen and oxygen atoms in total. The van der Waals surface area contributed by atoms with Gasteiger partial charge in [0.2, 0.25) is 5.91 Å². The summed E-state index contributed by atoms with van der Waals surface area (Å²) in [5, 5.41) is 9.02. The van der Waals surface area contributed by atoms with Crippen molar-refractivity contribution >= 4 is 11.7 Å². The van der Waals surface area contributed by atoms with Gasteiger partial charge in [-0.25, -0.2) is 0 Å². The summed E-state index contributed by atoms with van der Waals surface area (Å²) >= 11 is 0. The van der Waals surface area contributed by atoms with Gasteiger partial charge < -0.3 is 10.0 Å². The Morgan fingerprint density at radius 3 is 2.60 bits per heavy atom. The molecule has 0 aromatic rings. The van der Waals surface area contributed by atoms with Gasteiger partial charge in [0, 0.05) is 30.9 Å². The zero-order valence-corrected chi connectivity index (χ0v) is 9.62. The van der Waals surface area contributed by atoms with Gasteiger partial charge in [-0.05, 0) is 0 Å². The van der Waals surface area contributed by atoms with Crippen molar-refractivity contribution in [1.82, 2.24) is 4.90 Å². The Labute approximate surface area is 90.3 Å². The summed E-state index contributed by atoms with van der Waals surface area (Å²) in [7, 11) is 0. The van der Waals surface area contributed by atoms with Gasteiger partial charge in [0.05, 0.1) is 6.54 Å². The molecule has 0 bridgehead atoms. The van der Waals surface area contributed by atoms with E-state index >= 15 is 0 Å². The van der Waals surface area contributed by atoms with Crippen LogP contribution in [0.2, 0.25) is 0 Å². The largest absolute Gasteiger partial charge is 0.396 e. The normalized spacial score (nSPS) is 23.1. The van der Waals surface area contributed by atoms with Crippen LogP contribution in [-0.2, 0) is 9.59 Å². The van der Waals surface area contributed by atoms with E-state index in [1.807, 2.05) is 20.8 Å². The Hall–Kier alpha value is -0.900. The molecule has 1 atom stereocenters. The second-order valence-electron chi connectivity index (χ2n) is 5.23. The first-order valence-electron chi connectivity index (χ1n) is 5.26. The highest BCUT2D eigenvalue weighted by Crippen LogP contribution is 2.21. The molecule has 15 heavy (non-hydrogen) atoms. The van der Waals surface area contributed by atoms with Crippen molar-refractivity contribution in [3.8, 4) is 0 Å². The molecule has 1 heterocycles. The number of amides is 1. The second-order valence-corrected chi connectivity index (χ2v) is 5.23. The maximum Gasteiger partial charge on any atom is 0.228 e. The zero-order valence-electron chi connectivity index (χ0n) is 9.62. The number of carbonyl (C=O) groups excluding carboxylic acids is 2. The third-order valence-electron chi connectivity index (χ3n) is 2.55. The molecule has 1 aliphatic rings. The van der Waals surface area contributed by atoms with Gasteiger partial charge in [-0.15, -0.1) is 0 Å². The van der Waals surface area contributed by atoms with Crippen LogP contribution in [-0.4, -0.2) is 41.4 Å². The molecule has 0 spiro atoms. The molecule has 1 saturated heterocycles. The summed E-state index contributed by atoms with van der Waals surface area (Å²) in [5.74, 6) is -0.0653. The summed E-state index contributed by atoms with van der Waals surface area (Å²) < 4.78 is 0. The van der Waals surface area contributed by atoms with Crippen molar-refractivity contribution in [3.05, 3.63) is 0 Å². The molecular weight excluding hydrogens is 194 g/mol. The average Bonchev–Trinajstić information content (AvgIpc) is 2.14. The van der Waals surface area contributed by atoms with Crippen LogP contribution in [0.15, 0.2) is 0 Å². The molecule has 0 aromatic carbocycles. The van der Waals surface area contributed by atoms with Crippen molar-refractivity contribution in [2.45, 2.75) is 27.2 Å². The molecule has 0 radical (unpaired) electrons. The Morgan fingerprint density at radius 1 is 1.53 bits per heavy atom. The molecule has 0 aromatic heterocycles. The minimum atomic E-state index is -0.461. The lowest BCUT2D eigenvalue weighted by Crippen LogP contribution is -2.49. The zero-order chi connectivity index (χ0) is 11.6. The summed E-state index contributed by atoms with van der Waals surface area (Å²) in [5.41, 5.74) is -0.461. The lowest BCUT2D eigenvalue weighted by Gasteiger charge is -2.35. The predicted octanol–water partition coefficient (Wildman–Crippen LogP) is 0.442. The van der Waals surface area contributed by atoms with Gasteiger partial charge in [-0.1, -0.05) is 20.8 Å². The second kappa shape index (κ2) is 4.31. The van der Waals surface area contributed by atoms with Gasteiger partial charge in [0.1, 0.15) is 0 Å². The first-order valence-corrected chi connectivity index (χ1v) is 5.26. The fraction of sp³-hybridized carbons (Fsp3) is 0.818. The van der Waals surface area contributed by atoms with Crippen LogP contribution in [0, 0.1) is 11.3 Å². The van der Waals surface area contributed by atoms with Crippen LogP contribution in [0.3, 0.4) is 0 Å². The maximum absolute atomic E-state index is 11.9. The average molecular weight is 213 g/mol. The van der Waals surface area contributed by atoms with Gasteiger partial charge in [0.25, 0.3) is 0 Å². The highest BCUT2D eigenvalue weighted by Gasteiger charge is 2.33. The van der Waals surface area contributed by atoms with Crippen molar-refractivity contribution in [1.29, 1.82) is 0 Å². The third-order valence-corrected chi connectivity index (χ3v) is 2.55. The standard InChI is InChI=1S/C11H19NO3/c1-11(2,3)10(15)12-5-8(7-13)4-9(14)6-12/h8,13H,4-7H2,1-3H3/t8-/m1/s1. The van der Waals surface area contributed by atoms with Crippen LogP contribution in [0.5, 0.6) is 0 Å². The van der Waals surface area contributed by atoms with E-state index in [0.717, 1.165) is 0 Å². The van der Waals surface area contributed by atoms with Crippen LogP contribution >= 0.6 is 0 Å². The molecule has 86 valence electrons. The minimum absolute atomic E-state index is 0.0194. The van der Waals surface area contributed by atoms with Crippen molar-refractivity contribution < 1.29 is 14.7 Å². The summed E-state index contributed by atoms with van der Waals surface area (Å²) in [6, 6.07) is 0. The number of aliphatic hydroxyl groups is 1. The van der Waals surface area contributed by atoms with Crippen LogP contribution in [0.1, 0.15) is 27.2 Å². The molecular formula is C11H19NO3. The Bertz CT molecular complexity index is 267.